The molecule has 3 aromatic rings. The van der Waals surface area contributed by atoms with Crippen LogP contribution >= 0.6 is 0 Å². The minimum absolute atomic E-state index is 0.261. The third-order valence-electron chi connectivity index (χ3n) is 3.96. The summed E-state index contributed by atoms with van der Waals surface area (Å²) >= 11 is 0. The van der Waals surface area contributed by atoms with Crippen LogP contribution in [0, 0.1) is 13.8 Å². The Bertz CT molecular complexity index is 946. The van der Waals surface area contributed by atoms with Gasteiger partial charge in [-0.25, -0.2) is 13.4 Å². The van der Waals surface area contributed by atoms with Crippen molar-refractivity contribution < 1.29 is 12.8 Å². The van der Waals surface area contributed by atoms with Crippen molar-refractivity contribution >= 4 is 15.7 Å². The van der Waals surface area contributed by atoms with Crippen LogP contribution in [0.3, 0.4) is 0 Å². The number of oxazole rings is 1. The largest absolute Gasteiger partial charge is 0.444 e. The molecule has 0 atom stereocenters. The molecule has 0 saturated heterocycles. The van der Waals surface area contributed by atoms with Crippen molar-refractivity contribution in [3.63, 3.8) is 0 Å². The molecule has 0 bridgehead atoms. The van der Waals surface area contributed by atoms with Gasteiger partial charge in [-0.3, -0.25) is 4.31 Å². The van der Waals surface area contributed by atoms with Gasteiger partial charge < -0.3 is 4.42 Å². The van der Waals surface area contributed by atoms with E-state index in [-0.39, 0.29) is 4.90 Å². The lowest BCUT2D eigenvalue weighted by Gasteiger charge is -2.20. The number of anilines is 1. The van der Waals surface area contributed by atoms with Gasteiger partial charge in [0.2, 0.25) is 0 Å². The Morgan fingerprint density at radius 3 is 2.38 bits per heavy atom. The monoisotopic (exact) mass is 342 g/mol. The Balaban J connectivity index is 2.02. The Morgan fingerprint density at radius 1 is 1.04 bits per heavy atom. The highest BCUT2D eigenvalue weighted by Crippen LogP contribution is 2.30. The quantitative estimate of drug-likeness (QED) is 0.724. The fourth-order valence-corrected chi connectivity index (χ4v) is 3.61. The number of aromatic nitrogens is 1. The van der Waals surface area contributed by atoms with Crippen LogP contribution < -0.4 is 4.31 Å². The molecule has 6 heteroatoms. The smallest absolute Gasteiger partial charge is 0.264 e. The summed E-state index contributed by atoms with van der Waals surface area (Å²) in [6, 6.07) is 12.3. The lowest BCUT2D eigenvalue weighted by atomic mass is 10.1. The van der Waals surface area contributed by atoms with Crippen LogP contribution in [-0.4, -0.2) is 20.4 Å². The second-order valence-corrected chi connectivity index (χ2v) is 7.62. The van der Waals surface area contributed by atoms with E-state index in [1.54, 1.807) is 49.6 Å². The summed E-state index contributed by atoms with van der Waals surface area (Å²) in [7, 11) is -2.07. The molecule has 0 N–H and O–H groups in total. The van der Waals surface area contributed by atoms with Crippen molar-refractivity contribution in [1.29, 1.82) is 0 Å². The second-order valence-electron chi connectivity index (χ2n) is 5.65. The number of hydrogen-bond acceptors (Lipinski definition) is 4. The summed E-state index contributed by atoms with van der Waals surface area (Å²) in [4.78, 5) is 4.18. The van der Waals surface area contributed by atoms with Crippen molar-refractivity contribution in [2.75, 3.05) is 11.4 Å². The van der Waals surface area contributed by atoms with Gasteiger partial charge in [-0.15, -0.1) is 0 Å². The molecule has 5 nitrogen and oxygen atoms in total. The molecule has 0 unspecified atom stereocenters. The van der Waals surface area contributed by atoms with E-state index in [1.165, 1.54) is 10.7 Å². The zero-order valence-electron chi connectivity index (χ0n) is 13.7. The molecular formula is C18H18N2O3S. The molecule has 124 valence electrons. The molecular weight excluding hydrogens is 324 g/mol. The normalized spacial score (nSPS) is 11.5. The maximum absolute atomic E-state index is 12.8. The molecule has 3 rings (SSSR count). The van der Waals surface area contributed by atoms with Crippen LogP contribution in [0.5, 0.6) is 0 Å². The predicted molar refractivity (Wildman–Crippen MR) is 93.4 cm³/mol. The van der Waals surface area contributed by atoms with Crippen LogP contribution in [-0.2, 0) is 10.0 Å². The first-order chi connectivity index (χ1) is 11.4. The summed E-state index contributed by atoms with van der Waals surface area (Å²) in [5.41, 5.74) is 3.37. The van der Waals surface area contributed by atoms with Gasteiger partial charge in [-0.05, 0) is 43.7 Å². The minimum atomic E-state index is -3.62. The fraction of sp³-hybridized carbons (Fsp3) is 0.167. The van der Waals surface area contributed by atoms with Gasteiger partial charge in [0.1, 0.15) is 0 Å². The van der Waals surface area contributed by atoms with Crippen LogP contribution in [0.4, 0.5) is 5.69 Å². The van der Waals surface area contributed by atoms with E-state index in [0.717, 1.165) is 16.7 Å². The van der Waals surface area contributed by atoms with E-state index in [9.17, 15) is 8.42 Å². The molecule has 2 aromatic carbocycles. The van der Waals surface area contributed by atoms with Crippen LogP contribution in [0.2, 0.25) is 0 Å². The standard InChI is InChI=1S/C18H18N2O3S/c1-13-4-8-16(9-5-13)24(21,22)20(3)15-7-6-14(2)17(10-15)18-11-19-12-23-18/h4-12H,1-3H3. The highest BCUT2D eigenvalue weighted by atomic mass is 32.2. The average molecular weight is 342 g/mol. The summed E-state index contributed by atoms with van der Waals surface area (Å²) in [5, 5.41) is 0. The Morgan fingerprint density at radius 2 is 1.75 bits per heavy atom. The number of aryl methyl sites for hydroxylation is 2. The van der Waals surface area contributed by atoms with Crippen LogP contribution in [0.25, 0.3) is 11.3 Å². The molecule has 0 fully saturated rings. The van der Waals surface area contributed by atoms with E-state index in [0.29, 0.717) is 11.4 Å². The first kappa shape index (κ1) is 16.3. The van der Waals surface area contributed by atoms with E-state index in [1.807, 2.05) is 19.9 Å². The second kappa shape index (κ2) is 6.13. The van der Waals surface area contributed by atoms with E-state index in [4.69, 9.17) is 4.42 Å². The highest BCUT2D eigenvalue weighted by Gasteiger charge is 2.22. The highest BCUT2D eigenvalue weighted by molar-refractivity contribution is 7.92. The number of nitrogens with zero attached hydrogens (tertiary/aromatic N) is 2. The van der Waals surface area contributed by atoms with Crippen molar-refractivity contribution in [1.82, 2.24) is 4.98 Å². The van der Waals surface area contributed by atoms with Crippen molar-refractivity contribution in [3.8, 4) is 11.3 Å². The third kappa shape index (κ3) is 2.92. The Labute approximate surface area is 141 Å². The predicted octanol–water partition coefficient (Wildman–Crippen LogP) is 3.78. The van der Waals surface area contributed by atoms with Crippen LogP contribution in [0.1, 0.15) is 11.1 Å². The molecule has 0 saturated carbocycles. The van der Waals surface area contributed by atoms with Crippen LogP contribution in [0.15, 0.2) is 64.4 Å². The lowest BCUT2D eigenvalue weighted by molar-refractivity contribution is 0.571. The van der Waals surface area contributed by atoms with Gasteiger partial charge in [0.25, 0.3) is 10.0 Å². The summed E-state index contributed by atoms with van der Waals surface area (Å²) < 4.78 is 32.2. The van der Waals surface area contributed by atoms with Gasteiger partial charge in [0.05, 0.1) is 16.8 Å². The maximum Gasteiger partial charge on any atom is 0.264 e. The summed E-state index contributed by atoms with van der Waals surface area (Å²) in [6.45, 7) is 3.86. The SMILES string of the molecule is Cc1ccc(S(=O)(=O)N(C)c2ccc(C)c(-c3cnco3)c2)cc1. The maximum atomic E-state index is 12.8. The molecule has 0 aliphatic heterocycles. The van der Waals surface area contributed by atoms with Gasteiger partial charge >= 0.3 is 0 Å². The number of sulfonamides is 1. The zero-order valence-corrected chi connectivity index (χ0v) is 14.5. The van der Waals surface area contributed by atoms with E-state index < -0.39 is 10.0 Å². The molecule has 24 heavy (non-hydrogen) atoms. The number of hydrogen-bond donors (Lipinski definition) is 0. The first-order valence-electron chi connectivity index (χ1n) is 7.45. The molecule has 0 spiro atoms. The van der Waals surface area contributed by atoms with E-state index >= 15 is 0 Å². The Kier molecular flexibility index (Phi) is 4.15. The molecule has 0 aliphatic rings. The molecule has 1 aromatic heterocycles. The minimum Gasteiger partial charge on any atom is -0.444 e. The van der Waals surface area contributed by atoms with Crippen molar-refractivity contribution in [2.24, 2.45) is 0 Å². The fourth-order valence-electron chi connectivity index (χ4n) is 2.43. The topological polar surface area (TPSA) is 63.4 Å². The lowest BCUT2D eigenvalue weighted by Crippen LogP contribution is -2.26. The first-order valence-corrected chi connectivity index (χ1v) is 8.89. The zero-order chi connectivity index (χ0) is 17.3. The Hall–Kier alpha value is -2.60. The number of rotatable bonds is 4. The van der Waals surface area contributed by atoms with Gasteiger partial charge in [-0.2, -0.15) is 0 Å². The summed E-state index contributed by atoms with van der Waals surface area (Å²) in [5.74, 6) is 0.607. The molecule has 1 heterocycles. The third-order valence-corrected chi connectivity index (χ3v) is 5.76. The van der Waals surface area contributed by atoms with Crippen molar-refractivity contribution in [3.05, 3.63) is 66.2 Å². The number of benzene rings is 2. The van der Waals surface area contributed by atoms with Gasteiger partial charge in [0, 0.05) is 12.6 Å². The van der Waals surface area contributed by atoms with Crippen molar-refractivity contribution in [2.45, 2.75) is 18.7 Å². The van der Waals surface area contributed by atoms with Gasteiger partial charge in [-0.1, -0.05) is 23.8 Å². The molecule has 0 amide bonds. The van der Waals surface area contributed by atoms with Gasteiger partial charge in [0.15, 0.2) is 12.2 Å². The average Bonchev–Trinajstić information content (AvgIpc) is 3.09. The molecule has 0 aliphatic carbocycles. The summed E-state index contributed by atoms with van der Waals surface area (Å²) in [6.07, 6.45) is 2.97. The molecule has 0 radical (unpaired) electrons. The van der Waals surface area contributed by atoms with E-state index in [2.05, 4.69) is 4.98 Å².